The van der Waals surface area contributed by atoms with E-state index in [1.807, 2.05) is 42.2 Å². The van der Waals surface area contributed by atoms with Gasteiger partial charge in [-0.15, -0.1) is 0 Å². The third-order valence-corrected chi connectivity index (χ3v) is 6.09. The van der Waals surface area contributed by atoms with Gasteiger partial charge < -0.3 is 9.64 Å². The van der Waals surface area contributed by atoms with Crippen LogP contribution in [0, 0.1) is 6.92 Å². The number of halogens is 1. The van der Waals surface area contributed by atoms with Crippen LogP contribution in [0.4, 0.5) is 0 Å². The maximum Gasteiger partial charge on any atom is 0.254 e. The Kier molecular flexibility index (Phi) is 6.62. The number of nitrogens with zero attached hydrogens (tertiary/aromatic N) is 4. The molecule has 0 unspecified atom stereocenters. The van der Waals surface area contributed by atoms with Gasteiger partial charge in [-0.1, -0.05) is 29.8 Å². The number of hydrogen-bond acceptors (Lipinski definition) is 6. The second kappa shape index (κ2) is 9.55. The van der Waals surface area contributed by atoms with E-state index in [0.29, 0.717) is 31.0 Å². The van der Waals surface area contributed by atoms with Gasteiger partial charge in [0.05, 0.1) is 17.4 Å². The van der Waals surface area contributed by atoms with Crippen molar-refractivity contribution in [2.75, 3.05) is 26.2 Å². The number of carbonyl (C=O) groups excluding carboxylic acids is 1. The molecular weight excluding hydrogens is 420 g/mol. The highest BCUT2D eigenvalue weighted by atomic mass is 35.5. The maximum atomic E-state index is 13.0. The lowest BCUT2D eigenvalue weighted by Gasteiger charge is -2.34. The topological polar surface area (TPSA) is 58.6 Å². The van der Waals surface area contributed by atoms with Crippen molar-refractivity contribution in [3.8, 4) is 5.75 Å². The van der Waals surface area contributed by atoms with E-state index in [0.717, 1.165) is 36.0 Å². The van der Waals surface area contributed by atoms with Crippen LogP contribution < -0.4 is 4.74 Å². The zero-order valence-corrected chi connectivity index (χ0v) is 18.3. The van der Waals surface area contributed by atoms with Crippen molar-refractivity contribution < 1.29 is 9.53 Å². The fourth-order valence-electron chi connectivity index (χ4n) is 3.39. The number of piperazine rings is 1. The summed E-state index contributed by atoms with van der Waals surface area (Å²) in [6.45, 7) is 6.25. The largest absolute Gasteiger partial charge is 0.487 e. The lowest BCUT2D eigenvalue weighted by Crippen LogP contribution is -2.48. The van der Waals surface area contributed by atoms with Crippen LogP contribution in [-0.2, 0) is 13.2 Å². The summed E-state index contributed by atoms with van der Waals surface area (Å²) in [6.07, 6.45) is 0. The van der Waals surface area contributed by atoms with E-state index in [1.165, 1.54) is 17.3 Å². The van der Waals surface area contributed by atoms with E-state index < -0.39 is 0 Å². The van der Waals surface area contributed by atoms with Gasteiger partial charge in [-0.05, 0) is 42.8 Å². The minimum atomic E-state index is 0.0399. The molecule has 2 heterocycles. The summed E-state index contributed by atoms with van der Waals surface area (Å²) in [5.74, 6) is 0.702. The number of amides is 1. The average Bonchev–Trinajstić information content (AvgIpc) is 3.19. The molecule has 1 aliphatic rings. The molecule has 0 spiro atoms. The van der Waals surface area contributed by atoms with Crippen molar-refractivity contribution in [2.45, 2.75) is 20.1 Å². The molecule has 1 amide bonds. The first kappa shape index (κ1) is 20.8. The lowest BCUT2D eigenvalue weighted by atomic mass is 10.1. The number of rotatable bonds is 6. The zero-order valence-electron chi connectivity index (χ0n) is 16.8. The Morgan fingerprint density at radius 3 is 2.57 bits per heavy atom. The van der Waals surface area contributed by atoms with Gasteiger partial charge in [0.1, 0.15) is 18.1 Å². The van der Waals surface area contributed by atoms with Gasteiger partial charge in [0.25, 0.3) is 5.91 Å². The number of ether oxygens (including phenoxy) is 1. The predicted molar refractivity (Wildman–Crippen MR) is 118 cm³/mol. The molecule has 1 aromatic heterocycles. The Morgan fingerprint density at radius 2 is 1.87 bits per heavy atom. The van der Waals surface area contributed by atoms with E-state index in [9.17, 15) is 4.79 Å². The molecule has 156 valence electrons. The Labute approximate surface area is 185 Å². The van der Waals surface area contributed by atoms with Gasteiger partial charge in [0.15, 0.2) is 0 Å². The van der Waals surface area contributed by atoms with E-state index in [2.05, 4.69) is 25.8 Å². The molecule has 2 aromatic carbocycles. The van der Waals surface area contributed by atoms with E-state index in [-0.39, 0.29) is 5.91 Å². The van der Waals surface area contributed by atoms with Crippen LogP contribution in [0.15, 0.2) is 48.5 Å². The van der Waals surface area contributed by atoms with Gasteiger partial charge in [-0.25, -0.2) is 0 Å². The third kappa shape index (κ3) is 5.16. The second-order valence-electron chi connectivity index (χ2n) is 7.31. The monoisotopic (exact) mass is 442 g/mol. The van der Waals surface area contributed by atoms with Gasteiger partial charge in [-0.3, -0.25) is 9.69 Å². The lowest BCUT2D eigenvalue weighted by molar-refractivity contribution is 0.0628. The van der Waals surface area contributed by atoms with Gasteiger partial charge in [0, 0.05) is 43.3 Å². The summed E-state index contributed by atoms with van der Waals surface area (Å²) < 4.78 is 14.2. The first-order chi connectivity index (χ1) is 14.6. The molecule has 0 bridgehead atoms. The number of carbonyl (C=O) groups is 1. The molecule has 30 heavy (non-hydrogen) atoms. The van der Waals surface area contributed by atoms with Crippen LogP contribution in [0.3, 0.4) is 0 Å². The Morgan fingerprint density at radius 1 is 1.10 bits per heavy atom. The van der Waals surface area contributed by atoms with Gasteiger partial charge in [0.2, 0.25) is 0 Å². The fourth-order valence-corrected chi connectivity index (χ4v) is 4.07. The van der Waals surface area contributed by atoms with Crippen molar-refractivity contribution in [1.29, 1.82) is 0 Å². The van der Waals surface area contributed by atoms with Crippen LogP contribution in [-0.4, -0.2) is 50.6 Å². The molecular formula is C22H23ClN4O2S. The van der Waals surface area contributed by atoms with Crippen LogP contribution in [0.1, 0.15) is 27.3 Å². The number of benzene rings is 2. The third-order valence-electron chi connectivity index (χ3n) is 5.18. The van der Waals surface area contributed by atoms with Crippen molar-refractivity contribution in [2.24, 2.45) is 0 Å². The molecule has 1 saturated heterocycles. The summed E-state index contributed by atoms with van der Waals surface area (Å²) in [7, 11) is 0. The van der Waals surface area contributed by atoms with Crippen molar-refractivity contribution >= 4 is 29.2 Å². The number of aryl methyl sites for hydroxylation is 1. The molecule has 1 aliphatic heterocycles. The summed E-state index contributed by atoms with van der Waals surface area (Å²) in [6, 6.07) is 15.3. The number of aromatic nitrogens is 2. The van der Waals surface area contributed by atoms with Crippen molar-refractivity contribution in [1.82, 2.24) is 18.5 Å². The molecule has 1 fully saturated rings. The molecule has 0 saturated carbocycles. The predicted octanol–water partition coefficient (Wildman–Crippen LogP) is 4.04. The molecule has 0 atom stereocenters. The zero-order chi connectivity index (χ0) is 20.9. The van der Waals surface area contributed by atoms with E-state index in [1.54, 1.807) is 6.07 Å². The SMILES string of the molecule is Cc1nsnc1COc1cccc(C(=O)N2CCN(Cc3ccc(Cl)cc3)CC2)c1. The smallest absolute Gasteiger partial charge is 0.254 e. The quantitative estimate of drug-likeness (QED) is 0.576. The second-order valence-corrected chi connectivity index (χ2v) is 8.27. The summed E-state index contributed by atoms with van der Waals surface area (Å²) in [5.41, 5.74) is 3.58. The summed E-state index contributed by atoms with van der Waals surface area (Å²) >= 11 is 7.14. The maximum absolute atomic E-state index is 13.0. The van der Waals surface area contributed by atoms with Crippen molar-refractivity contribution in [3.63, 3.8) is 0 Å². The molecule has 0 radical (unpaired) electrons. The van der Waals surface area contributed by atoms with E-state index >= 15 is 0 Å². The first-order valence-electron chi connectivity index (χ1n) is 9.85. The number of hydrogen-bond donors (Lipinski definition) is 0. The summed E-state index contributed by atoms with van der Waals surface area (Å²) in [5, 5.41) is 0.749. The molecule has 6 nitrogen and oxygen atoms in total. The Balaban J connectivity index is 1.31. The molecule has 8 heteroatoms. The van der Waals surface area contributed by atoms with Gasteiger partial charge >= 0.3 is 0 Å². The molecule has 0 aliphatic carbocycles. The highest BCUT2D eigenvalue weighted by Crippen LogP contribution is 2.19. The standard InChI is InChI=1S/C22H23ClN4O2S/c1-16-21(25-30-24-16)15-29-20-4-2-3-18(13-20)22(28)27-11-9-26(10-12-27)14-17-5-7-19(23)8-6-17/h2-8,13H,9-12,14-15H2,1H3. The minimum Gasteiger partial charge on any atom is -0.487 e. The average molecular weight is 443 g/mol. The van der Waals surface area contributed by atoms with Gasteiger partial charge in [-0.2, -0.15) is 8.75 Å². The van der Waals surface area contributed by atoms with Crippen LogP contribution in [0.25, 0.3) is 0 Å². The Bertz CT molecular complexity index is 1000. The van der Waals surface area contributed by atoms with Crippen molar-refractivity contribution in [3.05, 3.63) is 76.1 Å². The normalized spacial score (nSPS) is 14.7. The van der Waals surface area contributed by atoms with E-state index in [4.69, 9.17) is 16.3 Å². The highest BCUT2D eigenvalue weighted by Gasteiger charge is 2.22. The first-order valence-corrected chi connectivity index (χ1v) is 11.0. The Hall–Kier alpha value is -2.48. The molecule has 4 rings (SSSR count). The molecule has 3 aromatic rings. The minimum absolute atomic E-state index is 0.0399. The fraction of sp³-hybridized carbons (Fsp3) is 0.318. The molecule has 0 N–H and O–H groups in total. The van der Waals surface area contributed by atoms with Crippen LogP contribution >= 0.6 is 23.3 Å². The van der Waals surface area contributed by atoms with Crippen LogP contribution in [0.5, 0.6) is 5.75 Å². The van der Waals surface area contributed by atoms with Crippen LogP contribution in [0.2, 0.25) is 5.02 Å². The summed E-state index contributed by atoms with van der Waals surface area (Å²) in [4.78, 5) is 17.2. The highest BCUT2D eigenvalue weighted by molar-refractivity contribution is 6.99.